The summed E-state index contributed by atoms with van der Waals surface area (Å²) in [4.78, 5) is 45.7. The van der Waals surface area contributed by atoms with E-state index in [1.807, 2.05) is 103 Å². The quantitative estimate of drug-likeness (QED) is 0.0528. The van der Waals surface area contributed by atoms with Gasteiger partial charge in [-0.05, 0) is 185 Å². The average molecular weight is 992 g/mol. The molecule has 2 amide bonds. The van der Waals surface area contributed by atoms with E-state index in [1.165, 1.54) is 81.6 Å². The molecule has 4 heterocycles. The number of hydrogen-bond acceptors (Lipinski definition) is 10. The number of piperidine rings is 2. The van der Waals surface area contributed by atoms with E-state index in [9.17, 15) is 9.59 Å². The molecule has 0 bridgehead atoms. The fraction of sp³-hybridized carbons (Fsp3) is 0.233. The molecular weight excluding hydrogens is 928 g/mol. The maximum Gasteiger partial charge on any atom is 0.247 e. The maximum atomic E-state index is 11.7. The summed E-state index contributed by atoms with van der Waals surface area (Å²) in [5, 5.41) is 11.0. The molecule has 12 nitrogen and oxygen atoms in total. The zero-order valence-corrected chi connectivity index (χ0v) is 42.4. The highest BCUT2D eigenvalue weighted by atomic mass is 35.5. The van der Waals surface area contributed by atoms with Crippen LogP contribution < -0.4 is 21.7 Å². The first-order valence-electron chi connectivity index (χ1n) is 24.8. The lowest BCUT2D eigenvalue weighted by Gasteiger charge is -2.28. The highest BCUT2D eigenvalue weighted by Crippen LogP contribution is 2.32. The molecule has 2 fully saturated rings. The smallest absolute Gasteiger partial charge is 0.247 e. The Morgan fingerprint density at radius 1 is 0.603 bits per heavy atom. The molecule has 2 saturated heterocycles. The van der Waals surface area contributed by atoms with Gasteiger partial charge < -0.3 is 31.5 Å². The van der Waals surface area contributed by atoms with Crippen LogP contribution in [-0.2, 0) is 22.4 Å². The van der Waals surface area contributed by atoms with Gasteiger partial charge >= 0.3 is 0 Å². The number of fused-ring (bicyclic) bond motifs is 2. The largest absolute Gasteiger partial charge is 0.399 e. The Morgan fingerprint density at radius 2 is 1.05 bits per heavy atom. The van der Waals surface area contributed by atoms with E-state index in [0.717, 1.165) is 73.7 Å². The van der Waals surface area contributed by atoms with Gasteiger partial charge in [-0.25, -0.2) is 19.9 Å². The summed E-state index contributed by atoms with van der Waals surface area (Å²) >= 11 is 5.91. The Labute approximate surface area is 433 Å². The summed E-state index contributed by atoms with van der Waals surface area (Å²) in [5.74, 6) is 1.70. The molecule has 0 radical (unpaired) electrons. The number of nitrogen functional groups attached to an aromatic ring is 1. The van der Waals surface area contributed by atoms with E-state index in [1.54, 1.807) is 6.20 Å². The monoisotopic (exact) mass is 990 g/mol. The summed E-state index contributed by atoms with van der Waals surface area (Å²) in [6.45, 7) is 11.8. The highest BCUT2D eigenvalue weighted by Gasteiger charge is 2.18. The van der Waals surface area contributed by atoms with Crippen LogP contribution in [-0.4, -0.2) is 81.8 Å². The third kappa shape index (κ3) is 14.7. The molecule has 8 aromatic rings. The van der Waals surface area contributed by atoms with Crippen LogP contribution in [0.25, 0.3) is 44.1 Å². The average Bonchev–Trinajstić information content (AvgIpc) is 3.41. The van der Waals surface area contributed by atoms with Gasteiger partial charge in [0.15, 0.2) is 0 Å². The summed E-state index contributed by atoms with van der Waals surface area (Å²) in [5.41, 5.74) is 17.1. The number of para-hydroxylation sites is 2. The van der Waals surface area contributed by atoms with Crippen LogP contribution in [0, 0.1) is 11.8 Å². The van der Waals surface area contributed by atoms with Crippen LogP contribution in [0.4, 0.5) is 28.7 Å². The molecule has 0 atom stereocenters. The Hall–Kier alpha value is -7.77. The van der Waals surface area contributed by atoms with E-state index >= 15 is 0 Å². The van der Waals surface area contributed by atoms with Gasteiger partial charge in [-0.1, -0.05) is 98.1 Å². The van der Waals surface area contributed by atoms with Crippen molar-refractivity contribution in [2.24, 2.45) is 11.8 Å². The van der Waals surface area contributed by atoms with Crippen molar-refractivity contribution in [3.05, 3.63) is 188 Å². The van der Waals surface area contributed by atoms with Gasteiger partial charge in [0.1, 0.15) is 0 Å². The summed E-state index contributed by atoms with van der Waals surface area (Å²) in [6.07, 6.45) is 13.6. The number of carbonyl (C=O) groups is 2. The summed E-state index contributed by atoms with van der Waals surface area (Å²) in [6, 6.07) is 44.0. The minimum atomic E-state index is -0.250. The predicted molar refractivity (Wildman–Crippen MR) is 301 cm³/mol. The third-order valence-corrected chi connectivity index (χ3v) is 13.5. The maximum absolute atomic E-state index is 11.7. The fourth-order valence-corrected chi connectivity index (χ4v) is 9.37. The molecular formula is C60H63ClN10O2. The van der Waals surface area contributed by atoms with Crippen LogP contribution in [0.3, 0.4) is 0 Å². The van der Waals surface area contributed by atoms with E-state index in [0.29, 0.717) is 17.3 Å². The zero-order valence-electron chi connectivity index (χ0n) is 41.6. The molecule has 0 spiro atoms. The number of rotatable bonds is 12. The molecule has 2 aliphatic heterocycles. The van der Waals surface area contributed by atoms with Crippen molar-refractivity contribution in [1.82, 2.24) is 29.7 Å². The van der Waals surface area contributed by atoms with E-state index in [-0.39, 0.29) is 17.1 Å². The fourth-order valence-electron chi connectivity index (χ4n) is 9.24. The lowest BCUT2D eigenvalue weighted by Crippen LogP contribution is -2.30. The van der Waals surface area contributed by atoms with Crippen LogP contribution >= 0.6 is 11.6 Å². The second-order valence-electron chi connectivity index (χ2n) is 18.8. The third-order valence-electron chi connectivity index (χ3n) is 13.4. The summed E-state index contributed by atoms with van der Waals surface area (Å²) < 4.78 is 0. The Balaban J connectivity index is 0.000000162. The number of nitrogens with one attached hydrogen (secondary N) is 3. The van der Waals surface area contributed by atoms with Gasteiger partial charge in [0.25, 0.3) is 0 Å². The Kier molecular flexibility index (Phi) is 17.7. The van der Waals surface area contributed by atoms with Crippen molar-refractivity contribution in [3.63, 3.8) is 0 Å². The van der Waals surface area contributed by atoms with E-state index in [2.05, 4.69) is 104 Å². The van der Waals surface area contributed by atoms with Gasteiger partial charge in [-0.2, -0.15) is 0 Å². The SMILES string of the molecule is C=CC(=O)Nc1cccc(-c2cccc3cnc(Cl)nc23)c1.C=CC(=O)Nc1cccc(-c2cccc3cnc(Nc4ccc(CC5CCN(C)CC5)cc4)nc23)c1.CN1CCC(Cc2ccc(N)cc2)CC1. The Morgan fingerprint density at radius 3 is 1.55 bits per heavy atom. The number of carbonyl (C=O) groups excluding carboxylic acids is 2. The van der Waals surface area contributed by atoms with E-state index in [4.69, 9.17) is 22.3 Å². The molecule has 0 unspecified atom stereocenters. The van der Waals surface area contributed by atoms with Crippen LogP contribution in [0.2, 0.25) is 5.28 Å². The molecule has 5 N–H and O–H groups in total. The lowest BCUT2D eigenvalue weighted by atomic mass is 9.90. The first-order chi connectivity index (χ1) is 35.5. The van der Waals surface area contributed by atoms with E-state index < -0.39 is 0 Å². The van der Waals surface area contributed by atoms with Gasteiger partial charge in [0.2, 0.25) is 23.0 Å². The topological polar surface area (TPSA) is 154 Å². The molecule has 372 valence electrons. The van der Waals surface area contributed by atoms with Crippen molar-refractivity contribution in [1.29, 1.82) is 0 Å². The first-order valence-corrected chi connectivity index (χ1v) is 25.2. The van der Waals surface area contributed by atoms with Gasteiger partial charge in [-0.15, -0.1) is 0 Å². The molecule has 0 aliphatic carbocycles. The first kappa shape index (κ1) is 51.6. The lowest BCUT2D eigenvalue weighted by molar-refractivity contribution is -0.112. The number of nitrogens with zero attached hydrogens (tertiary/aromatic N) is 6. The zero-order chi connectivity index (χ0) is 51.1. The van der Waals surface area contributed by atoms with Crippen LogP contribution in [0.5, 0.6) is 0 Å². The van der Waals surface area contributed by atoms with Gasteiger partial charge in [0.05, 0.1) is 11.0 Å². The number of benzene rings is 6. The van der Waals surface area contributed by atoms with Crippen molar-refractivity contribution < 1.29 is 9.59 Å². The molecule has 2 aromatic heterocycles. The second kappa shape index (κ2) is 25.1. The minimum absolute atomic E-state index is 0.205. The number of halogens is 1. The molecule has 10 rings (SSSR count). The molecule has 73 heavy (non-hydrogen) atoms. The van der Waals surface area contributed by atoms with Crippen molar-refractivity contribution in [2.45, 2.75) is 38.5 Å². The molecule has 2 aliphatic rings. The highest BCUT2D eigenvalue weighted by molar-refractivity contribution is 6.28. The number of anilines is 5. The summed E-state index contributed by atoms with van der Waals surface area (Å²) in [7, 11) is 4.41. The van der Waals surface area contributed by atoms with Crippen molar-refractivity contribution in [2.75, 3.05) is 62.0 Å². The number of nitrogens with two attached hydrogens (primary N) is 1. The number of hydrogen-bond donors (Lipinski definition) is 4. The van der Waals surface area contributed by atoms with Crippen LogP contribution in [0.15, 0.2) is 171 Å². The number of likely N-dealkylation sites (tertiary alicyclic amines) is 2. The standard InChI is InChI=1S/C30H31N5O.C17H12ClN3O.C13H20N2/c1-3-28(36)32-26-8-4-6-23(19-26)27-9-5-7-24-20-31-30(34-29(24)27)33-25-12-10-21(11-13-25)18-22-14-16-35(2)17-15-22;1-2-15(22)20-13-7-3-5-11(9-13)14-8-4-6-12-10-19-17(18)21-16(12)14;1-15-8-6-12(7-9-15)10-11-2-4-13(14)5-3-11/h3-13,19-20,22H,1,14-18H2,2H3,(H,32,36)(H,31,33,34);2-10H,1H2,(H,20,22);2-5,12H,6-10,14H2,1H3. The predicted octanol–water partition coefficient (Wildman–Crippen LogP) is 12.3. The van der Waals surface area contributed by atoms with Crippen molar-refractivity contribution in [3.8, 4) is 22.3 Å². The van der Waals surface area contributed by atoms with Crippen LogP contribution in [0.1, 0.15) is 36.8 Å². The normalized spacial score (nSPS) is 14.2. The second-order valence-corrected chi connectivity index (χ2v) is 19.2. The van der Waals surface area contributed by atoms with Gasteiger partial charge in [-0.3, -0.25) is 9.59 Å². The minimum Gasteiger partial charge on any atom is -0.399 e. The molecule has 0 saturated carbocycles. The van der Waals surface area contributed by atoms with Crippen molar-refractivity contribution >= 4 is 73.9 Å². The number of aromatic nitrogens is 4. The molecule has 13 heteroatoms. The Bertz CT molecular complexity index is 3170. The molecule has 6 aromatic carbocycles. The van der Waals surface area contributed by atoms with Gasteiger partial charge in [0, 0.05) is 57.0 Å². The number of amides is 2.